The molecule has 1 spiro atoms. The van der Waals surface area contributed by atoms with Crippen molar-refractivity contribution in [2.45, 2.75) is 63.8 Å². The summed E-state index contributed by atoms with van der Waals surface area (Å²) in [6.07, 6.45) is 3.84. The van der Waals surface area contributed by atoms with Crippen molar-refractivity contribution in [1.82, 2.24) is 19.7 Å². The van der Waals surface area contributed by atoms with Crippen LogP contribution in [0.5, 0.6) is 17.2 Å². The second kappa shape index (κ2) is 14.0. The maximum absolute atomic E-state index is 13.9. The Hall–Kier alpha value is -5.73. The van der Waals surface area contributed by atoms with E-state index in [-0.39, 0.29) is 23.7 Å². The Labute approximate surface area is 301 Å². The molecule has 2 aromatic carbocycles. The molecule has 4 aromatic rings. The maximum atomic E-state index is 13.9. The molecule has 53 heavy (non-hydrogen) atoms. The number of pyridine rings is 1. The van der Waals surface area contributed by atoms with Gasteiger partial charge in [0, 0.05) is 61.2 Å². The fourth-order valence-corrected chi connectivity index (χ4v) is 6.71. The van der Waals surface area contributed by atoms with Gasteiger partial charge in [-0.05, 0) is 62.6 Å². The lowest BCUT2D eigenvalue weighted by molar-refractivity contribution is -0.193. The molecule has 4 heterocycles. The van der Waals surface area contributed by atoms with E-state index >= 15 is 0 Å². The first kappa shape index (κ1) is 35.7. The Morgan fingerprint density at radius 3 is 2.25 bits per heavy atom. The Morgan fingerprint density at radius 1 is 0.906 bits per heavy atom. The normalized spacial score (nSPS) is 16.5. The molecule has 2 aromatic heterocycles. The molecule has 0 unspecified atom stereocenters. The highest BCUT2D eigenvalue weighted by molar-refractivity contribution is 6.02. The van der Waals surface area contributed by atoms with Crippen molar-refractivity contribution in [2.24, 2.45) is 0 Å². The number of halogens is 3. The molecular formula is C38H35F3N4O8. The molecule has 0 atom stereocenters. The third kappa shape index (κ3) is 7.32. The van der Waals surface area contributed by atoms with Gasteiger partial charge >= 0.3 is 18.1 Å². The van der Waals surface area contributed by atoms with E-state index in [9.17, 15) is 32.3 Å². The number of aromatic nitrogens is 3. The van der Waals surface area contributed by atoms with Crippen LogP contribution >= 0.6 is 0 Å². The number of benzene rings is 2. The van der Waals surface area contributed by atoms with Gasteiger partial charge in [-0.25, -0.2) is 9.59 Å². The number of Topliss-reactive ketones (excluding diaryl/α,β-unsaturated/α-hetero) is 1. The SMILES string of the molecule is CCOc1cc(C(=O)N2CCC3(CC2)CC(=O)c2cc(-c4cncc(C(=O)OC(=O)C(F)(F)F)c4)ccc2O3)cc(OCC)c1-c1cnn(C2CC2)c1. The van der Waals surface area contributed by atoms with E-state index in [1.807, 2.05) is 24.7 Å². The van der Waals surface area contributed by atoms with E-state index in [1.165, 1.54) is 12.3 Å². The monoisotopic (exact) mass is 732 g/mol. The smallest absolute Gasteiger partial charge is 0.491 e. The summed E-state index contributed by atoms with van der Waals surface area (Å²) in [4.78, 5) is 56.4. The first-order valence-electron chi connectivity index (χ1n) is 17.3. The highest BCUT2D eigenvalue weighted by Crippen LogP contribution is 2.44. The van der Waals surface area contributed by atoms with Crippen molar-refractivity contribution < 1.29 is 51.3 Å². The molecule has 1 amide bonds. The molecule has 7 rings (SSSR count). The fraction of sp³-hybridized carbons (Fsp3) is 0.368. The lowest BCUT2D eigenvalue weighted by Crippen LogP contribution is -2.52. The summed E-state index contributed by atoms with van der Waals surface area (Å²) < 4.78 is 62.1. The van der Waals surface area contributed by atoms with Gasteiger partial charge in [-0.2, -0.15) is 18.3 Å². The molecule has 3 aliphatic rings. The van der Waals surface area contributed by atoms with Gasteiger partial charge in [0.15, 0.2) is 5.78 Å². The number of piperidine rings is 1. The van der Waals surface area contributed by atoms with Crippen LogP contribution < -0.4 is 14.2 Å². The first-order valence-corrected chi connectivity index (χ1v) is 17.3. The minimum Gasteiger partial charge on any atom is -0.493 e. The number of carbonyl (C=O) groups is 4. The maximum Gasteiger partial charge on any atom is 0.491 e. The zero-order chi connectivity index (χ0) is 37.5. The van der Waals surface area contributed by atoms with Gasteiger partial charge in [-0.15, -0.1) is 0 Å². The average Bonchev–Trinajstić information content (AvgIpc) is 3.88. The molecule has 2 fully saturated rings. The molecule has 1 saturated heterocycles. The van der Waals surface area contributed by atoms with Crippen LogP contribution in [0.4, 0.5) is 13.2 Å². The van der Waals surface area contributed by atoms with E-state index in [1.54, 1.807) is 41.4 Å². The first-order chi connectivity index (χ1) is 25.4. The van der Waals surface area contributed by atoms with Crippen LogP contribution in [0.15, 0.2) is 61.2 Å². The Balaban J connectivity index is 1.05. The van der Waals surface area contributed by atoms with Crippen molar-refractivity contribution >= 4 is 23.6 Å². The van der Waals surface area contributed by atoms with Crippen molar-refractivity contribution in [3.05, 3.63) is 77.9 Å². The third-order valence-corrected chi connectivity index (χ3v) is 9.50. The number of nitrogens with zero attached hydrogens (tertiary/aromatic N) is 4. The van der Waals surface area contributed by atoms with E-state index in [0.717, 1.165) is 30.2 Å². The molecule has 12 nitrogen and oxygen atoms in total. The lowest BCUT2D eigenvalue weighted by Gasteiger charge is -2.44. The number of hydrogen-bond acceptors (Lipinski definition) is 10. The van der Waals surface area contributed by atoms with Crippen molar-refractivity contribution in [2.75, 3.05) is 26.3 Å². The van der Waals surface area contributed by atoms with E-state index in [0.29, 0.717) is 84.7 Å². The molecular weight excluding hydrogens is 697 g/mol. The number of amides is 1. The predicted octanol–water partition coefficient (Wildman–Crippen LogP) is 6.63. The summed E-state index contributed by atoms with van der Waals surface area (Å²) in [6.45, 7) is 5.22. The van der Waals surface area contributed by atoms with E-state index in [4.69, 9.17) is 14.2 Å². The van der Waals surface area contributed by atoms with Crippen LogP contribution in [-0.4, -0.2) is 81.4 Å². The molecule has 0 N–H and O–H groups in total. The van der Waals surface area contributed by atoms with E-state index < -0.39 is 23.7 Å². The van der Waals surface area contributed by atoms with Gasteiger partial charge in [0.1, 0.15) is 22.8 Å². The van der Waals surface area contributed by atoms with Crippen LogP contribution in [0.25, 0.3) is 22.3 Å². The zero-order valence-electron chi connectivity index (χ0n) is 28.9. The van der Waals surface area contributed by atoms with Crippen LogP contribution in [0.2, 0.25) is 0 Å². The topological polar surface area (TPSA) is 139 Å². The summed E-state index contributed by atoms with van der Waals surface area (Å²) in [5, 5.41) is 4.53. The summed E-state index contributed by atoms with van der Waals surface area (Å²) in [7, 11) is 0. The second-order valence-corrected chi connectivity index (χ2v) is 13.2. The van der Waals surface area contributed by atoms with Crippen LogP contribution in [0.3, 0.4) is 0 Å². The van der Waals surface area contributed by atoms with Gasteiger partial charge in [0.2, 0.25) is 0 Å². The van der Waals surface area contributed by atoms with Crippen LogP contribution in [-0.2, 0) is 9.53 Å². The minimum atomic E-state index is -5.34. The van der Waals surface area contributed by atoms with Gasteiger partial charge < -0.3 is 23.8 Å². The summed E-state index contributed by atoms with van der Waals surface area (Å²) in [5.41, 5.74) is 1.86. The molecule has 276 valence electrons. The molecule has 2 aliphatic heterocycles. The van der Waals surface area contributed by atoms with Crippen LogP contribution in [0.1, 0.15) is 83.1 Å². The summed E-state index contributed by atoms with van der Waals surface area (Å²) in [5.74, 6) is -3.12. The standard InChI is InChI=1S/C38H35F3N4O8/c1-3-50-31-15-23(16-32(51-4-2)33(31)26-20-43-45(21-26)27-6-7-27)34(47)44-11-9-37(10-12-44)17-29(46)28-14-22(5-8-30(28)53-37)24-13-25(19-42-18-24)35(48)52-36(49)38(39,40)41/h5,8,13-16,18-21,27H,3-4,6-7,9-12,17H2,1-2H3. The Kier molecular flexibility index (Phi) is 9.43. The number of ketones is 1. The number of alkyl halides is 3. The number of ether oxygens (including phenoxy) is 4. The molecule has 1 saturated carbocycles. The largest absolute Gasteiger partial charge is 0.493 e. The van der Waals surface area contributed by atoms with Crippen molar-refractivity contribution in [3.8, 4) is 39.5 Å². The van der Waals surface area contributed by atoms with Gasteiger partial charge in [-0.1, -0.05) is 6.07 Å². The predicted molar refractivity (Wildman–Crippen MR) is 182 cm³/mol. The van der Waals surface area contributed by atoms with Crippen LogP contribution in [0, 0.1) is 0 Å². The number of esters is 2. The molecule has 15 heteroatoms. The van der Waals surface area contributed by atoms with Crippen molar-refractivity contribution in [1.29, 1.82) is 0 Å². The average molecular weight is 733 g/mol. The summed E-state index contributed by atoms with van der Waals surface area (Å²) in [6, 6.07) is 9.90. The Morgan fingerprint density at radius 2 is 1.60 bits per heavy atom. The number of rotatable bonds is 9. The highest BCUT2D eigenvalue weighted by atomic mass is 19.4. The number of likely N-dealkylation sites (tertiary alicyclic amines) is 1. The van der Waals surface area contributed by atoms with Gasteiger partial charge in [0.05, 0.1) is 48.6 Å². The summed E-state index contributed by atoms with van der Waals surface area (Å²) >= 11 is 0. The minimum absolute atomic E-state index is 0.0713. The Bertz CT molecular complexity index is 2070. The lowest BCUT2D eigenvalue weighted by atomic mass is 9.82. The van der Waals surface area contributed by atoms with Gasteiger partial charge in [-0.3, -0.25) is 19.3 Å². The van der Waals surface area contributed by atoms with Gasteiger partial charge in [0.25, 0.3) is 5.91 Å². The molecule has 0 bridgehead atoms. The second-order valence-electron chi connectivity index (χ2n) is 13.2. The number of hydrogen-bond donors (Lipinski definition) is 0. The molecule has 1 aliphatic carbocycles. The number of fused-ring (bicyclic) bond motifs is 1. The van der Waals surface area contributed by atoms with E-state index in [2.05, 4.69) is 14.8 Å². The zero-order valence-corrected chi connectivity index (χ0v) is 28.9. The number of carbonyl (C=O) groups excluding carboxylic acids is 4. The molecule has 0 radical (unpaired) electrons. The quantitative estimate of drug-likeness (QED) is 0.136. The highest BCUT2D eigenvalue weighted by Gasteiger charge is 2.45. The van der Waals surface area contributed by atoms with Crippen molar-refractivity contribution in [3.63, 3.8) is 0 Å². The third-order valence-electron chi connectivity index (χ3n) is 9.50. The fourth-order valence-electron chi connectivity index (χ4n) is 6.71.